The van der Waals surface area contributed by atoms with E-state index in [4.69, 9.17) is 17.0 Å². The predicted octanol–water partition coefficient (Wildman–Crippen LogP) is 1.87. The lowest BCUT2D eigenvalue weighted by molar-refractivity contribution is 0.0595. The number of esters is 1. The van der Waals surface area contributed by atoms with Gasteiger partial charge in [-0.25, -0.2) is 14.0 Å². The Bertz CT molecular complexity index is 623. The molecule has 0 spiro atoms. The van der Waals surface area contributed by atoms with Crippen LogP contribution in [-0.4, -0.2) is 43.4 Å². The van der Waals surface area contributed by atoms with E-state index in [2.05, 4.69) is 10.1 Å². The van der Waals surface area contributed by atoms with Crippen LogP contribution in [0.2, 0.25) is 0 Å². The molecular weight excluding hydrogens is 311 g/mol. The van der Waals surface area contributed by atoms with Gasteiger partial charge >= 0.3 is 12.1 Å². The van der Waals surface area contributed by atoms with Gasteiger partial charge in [-0.2, -0.15) is 0 Å². The number of amides is 1. The van der Waals surface area contributed by atoms with Crippen molar-refractivity contribution in [1.82, 2.24) is 5.32 Å². The van der Waals surface area contributed by atoms with Crippen molar-refractivity contribution in [3.8, 4) is 0 Å². The summed E-state index contributed by atoms with van der Waals surface area (Å²) in [4.78, 5) is 25.1. The van der Waals surface area contributed by atoms with Crippen molar-refractivity contribution in [2.75, 3.05) is 25.1 Å². The number of carbonyl (C=O) groups excluding carboxylic acids is 2. The van der Waals surface area contributed by atoms with Gasteiger partial charge in [-0.1, -0.05) is 12.2 Å². The number of benzene rings is 1. The summed E-state index contributed by atoms with van der Waals surface area (Å²) in [7, 11) is 1.17. The van der Waals surface area contributed by atoms with Crippen molar-refractivity contribution >= 4 is 35.0 Å². The first-order chi connectivity index (χ1) is 10.4. The van der Waals surface area contributed by atoms with Gasteiger partial charge in [0.05, 0.1) is 36.4 Å². The first kappa shape index (κ1) is 16.2. The van der Waals surface area contributed by atoms with E-state index < -0.39 is 17.9 Å². The largest absolute Gasteiger partial charge is 0.465 e. The summed E-state index contributed by atoms with van der Waals surface area (Å²) >= 11 is 4.89. The van der Waals surface area contributed by atoms with E-state index in [9.17, 15) is 14.0 Å². The second-order valence-corrected chi connectivity index (χ2v) is 5.32. The van der Waals surface area contributed by atoms with Crippen LogP contribution in [0.5, 0.6) is 0 Å². The van der Waals surface area contributed by atoms with Gasteiger partial charge in [0.1, 0.15) is 11.9 Å². The molecule has 1 atom stereocenters. The van der Waals surface area contributed by atoms with E-state index in [0.717, 1.165) is 6.07 Å². The van der Waals surface area contributed by atoms with Crippen LogP contribution in [0, 0.1) is 5.82 Å². The van der Waals surface area contributed by atoms with Gasteiger partial charge in [-0.3, -0.25) is 4.90 Å². The summed E-state index contributed by atoms with van der Waals surface area (Å²) in [5.41, 5.74) is 0.130. The quantitative estimate of drug-likeness (QED) is 0.673. The highest BCUT2D eigenvalue weighted by atomic mass is 32.1. The molecule has 22 heavy (non-hydrogen) atoms. The molecule has 1 aliphatic rings. The van der Waals surface area contributed by atoms with Gasteiger partial charge in [-0.05, 0) is 25.1 Å². The summed E-state index contributed by atoms with van der Waals surface area (Å²) in [6.45, 7) is 2.39. The van der Waals surface area contributed by atoms with Crippen LogP contribution >= 0.6 is 12.2 Å². The SMILES string of the molecule is COC(=O)c1ccc(N2CC(CNC(C)=S)OC2=O)cc1F. The van der Waals surface area contributed by atoms with Crippen LogP contribution in [0.15, 0.2) is 18.2 Å². The summed E-state index contributed by atoms with van der Waals surface area (Å²) in [6.07, 6.45) is -0.951. The molecule has 1 unspecified atom stereocenters. The number of rotatable bonds is 4. The third-order valence-corrected chi connectivity index (χ3v) is 3.27. The highest BCUT2D eigenvalue weighted by molar-refractivity contribution is 7.80. The van der Waals surface area contributed by atoms with Gasteiger partial charge in [0, 0.05) is 0 Å². The van der Waals surface area contributed by atoms with Crippen molar-refractivity contribution in [3.63, 3.8) is 0 Å². The zero-order valence-electron chi connectivity index (χ0n) is 12.1. The number of thiocarbonyl (C=S) groups is 1. The molecular formula is C14H15FN2O4S. The fourth-order valence-corrected chi connectivity index (χ4v) is 2.13. The molecule has 8 heteroatoms. The Morgan fingerprint density at radius 2 is 2.32 bits per heavy atom. The van der Waals surface area contributed by atoms with E-state index in [-0.39, 0.29) is 18.2 Å². The lowest BCUT2D eigenvalue weighted by atomic mass is 10.2. The van der Waals surface area contributed by atoms with Gasteiger partial charge in [0.15, 0.2) is 0 Å². The van der Waals surface area contributed by atoms with E-state index >= 15 is 0 Å². The van der Waals surface area contributed by atoms with Crippen LogP contribution in [0.3, 0.4) is 0 Å². The van der Waals surface area contributed by atoms with E-state index in [1.807, 2.05) is 0 Å². The number of ether oxygens (including phenoxy) is 2. The molecule has 0 radical (unpaired) electrons. The molecule has 1 fully saturated rings. The van der Waals surface area contributed by atoms with E-state index in [1.165, 1.54) is 24.1 Å². The molecule has 1 aliphatic heterocycles. The molecule has 1 aromatic rings. The summed E-state index contributed by atoms with van der Waals surface area (Å²) < 4.78 is 23.5. The van der Waals surface area contributed by atoms with Crippen molar-refractivity contribution < 1.29 is 23.5 Å². The number of cyclic esters (lactones) is 1. The zero-order valence-corrected chi connectivity index (χ0v) is 12.9. The molecule has 1 aromatic carbocycles. The number of nitrogens with one attached hydrogen (secondary N) is 1. The van der Waals surface area contributed by atoms with Crippen molar-refractivity contribution in [3.05, 3.63) is 29.6 Å². The smallest absolute Gasteiger partial charge is 0.414 e. The number of hydrogen-bond acceptors (Lipinski definition) is 5. The number of nitrogens with zero attached hydrogens (tertiary/aromatic N) is 1. The molecule has 0 aliphatic carbocycles. The second kappa shape index (κ2) is 6.69. The molecule has 0 bridgehead atoms. The Kier molecular flexibility index (Phi) is 4.92. The van der Waals surface area contributed by atoms with Crippen LogP contribution < -0.4 is 10.2 Å². The van der Waals surface area contributed by atoms with Crippen molar-refractivity contribution in [2.45, 2.75) is 13.0 Å². The molecule has 1 heterocycles. The average Bonchev–Trinajstić information content (AvgIpc) is 2.85. The highest BCUT2D eigenvalue weighted by Gasteiger charge is 2.32. The summed E-state index contributed by atoms with van der Waals surface area (Å²) in [6, 6.07) is 3.85. The molecule has 1 N–H and O–H groups in total. The van der Waals surface area contributed by atoms with Crippen LogP contribution in [0.4, 0.5) is 14.9 Å². The third-order valence-electron chi connectivity index (χ3n) is 3.12. The number of halogens is 1. The summed E-state index contributed by atoms with van der Waals surface area (Å²) in [5, 5.41) is 2.92. The Morgan fingerprint density at radius 3 is 2.91 bits per heavy atom. The number of anilines is 1. The zero-order chi connectivity index (χ0) is 16.3. The fraction of sp³-hybridized carbons (Fsp3) is 0.357. The molecule has 6 nitrogen and oxygen atoms in total. The standard InChI is InChI=1S/C14H15FN2O4S/c1-8(22)16-6-10-7-17(14(19)21-10)9-3-4-11(12(15)5-9)13(18)20-2/h3-5,10H,6-7H2,1-2H3,(H,16,22). The topological polar surface area (TPSA) is 67.9 Å². The fourth-order valence-electron chi connectivity index (χ4n) is 2.04. The maximum Gasteiger partial charge on any atom is 0.414 e. The van der Waals surface area contributed by atoms with Crippen LogP contribution in [0.1, 0.15) is 17.3 Å². The molecule has 1 amide bonds. The number of hydrogen-bond donors (Lipinski definition) is 1. The van der Waals surface area contributed by atoms with E-state index in [1.54, 1.807) is 6.92 Å². The lowest BCUT2D eigenvalue weighted by Gasteiger charge is -2.14. The normalized spacial score (nSPS) is 17.1. The Balaban J connectivity index is 2.12. The third kappa shape index (κ3) is 3.51. The lowest BCUT2D eigenvalue weighted by Crippen LogP contribution is -2.32. The average molecular weight is 326 g/mol. The minimum Gasteiger partial charge on any atom is -0.465 e. The first-order valence-electron chi connectivity index (χ1n) is 6.53. The number of methoxy groups -OCH3 is 1. The Hall–Kier alpha value is -2.22. The Labute approximate surface area is 132 Å². The second-order valence-electron chi connectivity index (χ2n) is 4.71. The molecule has 0 aromatic heterocycles. The maximum atomic E-state index is 13.9. The van der Waals surface area contributed by atoms with Gasteiger partial charge in [-0.15, -0.1) is 0 Å². The maximum absolute atomic E-state index is 13.9. The van der Waals surface area contributed by atoms with Gasteiger partial charge < -0.3 is 14.8 Å². The van der Waals surface area contributed by atoms with Gasteiger partial charge in [0.2, 0.25) is 0 Å². The van der Waals surface area contributed by atoms with Crippen LogP contribution in [0.25, 0.3) is 0 Å². The minimum absolute atomic E-state index is 0.187. The van der Waals surface area contributed by atoms with E-state index in [0.29, 0.717) is 17.2 Å². The Morgan fingerprint density at radius 1 is 1.59 bits per heavy atom. The summed E-state index contributed by atoms with van der Waals surface area (Å²) in [5.74, 6) is -1.53. The number of carbonyl (C=O) groups is 2. The minimum atomic E-state index is -0.772. The van der Waals surface area contributed by atoms with Gasteiger partial charge in [0.25, 0.3) is 0 Å². The molecule has 118 valence electrons. The molecule has 2 rings (SSSR count). The first-order valence-corrected chi connectivity index (χ1v) is 6.93. The molecule has 1 saturated heterocycles. The molecule has 0 saturated carbocycles. The predicted molar refractivity (Wildman–Crippen MR) is 81.6 cm³/mol. The highest BCUT2D eigenvalue weighted by Crippen LogP contribution is 2.24. The van der Waals surface area contributed by atoms with Crippen molar-refractivity contribution in [2.24, 2.45) is 0 Å². The monoisotopic (exact) mass is 326 g/mol. The van der Waals surface area contributed by atoms with Crippen molar-refractivity contribution in [1.29, 1.82) is 0 Å². The van der Waals surface area contributed by atoms with Crippen LogP contribution in [-0.2, 0) is 9.47 Å².